The highest BCUT2D eigenvalue weighted by Gasteiger charge is 2.34. The van der Waals surface area contributed by atoms with Gasteiger partial charge in [0.15, 0.2) is 0 Å². The Morgan fingerprint density at radius 1 is 1.09 bits per heavy atom. The van der Waals surface area contributed by atoms with Gasteiger partial charge in [-0.05, 0) is 42.0 Å². The maximum absolute atomic E-state index is 12.8. The van der Waals surface area contributed by atoms with Crippen molar-refractivity contribution >= 4 is 35.6 Å². The van der Waals surface area contributed by atoms with Gasteiger partial charge in [-0.2, -0.15) is 0 Å². The SMILES string of the molecule is COC(=O)c1ccc(CN2C(=O)N/C(=C\c3ccccc3OCc3ccc(Cl)cc3)C2=O)o1. The average molecular weight is 467 g/mol. The van der Waals surface area contributed by atoms with Gasteiger partial charge in [0, 0.05) is 10.6 Å². The Morgan fingerprint density at radius 2 is 1.85 bits per heavy atom. The number of amides is 3. The molecule has 1 aliphatic heterocycles. The lowest BCUT2D eigenvalue weighted by molar-refractivity contribution is -0.123. The molecule has 9 heteroatoms. The number of para-hydroxylation sites is 1. The standard InChI is InChI=1S/C24H19ClN2O6/c1-31-23(29)21-11-10-18(33-21)13-27-22(28)19(26-24(27)30)12-16-4-2-3-5-20(16)32-14-15-6-8-17(25)9-7-15/h2-12H,13-14H2,1H3,(H,26,30)/b19-12-. The van der Waals surface area contributed by atoms with Crippen LogP contribution in [0, 0.1) is 0 Å². The molecular formula is C24H19ClN2O6. The van der Waals surface area contributed by atoms with Crippen molar-refractivity contribution in [2.45, 2.75) is 13.2 Å². The van der Waals surface area contributed by atoms with E-state index in [0.717, 1.165) is 10.5 Å². The van der Waals surface area contributed by atoms with Crippen molar-refractivity contribution in [2.75, 3.05) is 7.11 Å². The van der Waals surface area contributed by atoms with Gasteiger partial charge >= 0.3 is 12.0 Å². The van der Waals surface area contributed by atoms with E-state index in [1.807, 2.05) is 18.2 Å². The van der Waals surface area contributed by atoms with Gasteiger partial charge in [0.2, 0.25) is 5.76 Å². The van der Waals surface area contributed by atoms with Crippen LogP contribution < -0.4 is 10.1 Å². The number of rotatable bonds is 7. The van der Waals surface area contributed by atoms with E-state index in [0.29, 0.717) is 22.9 Å². The molecule has 0 radical (unpaired) electrons. The lowest BCUT2D eigenvalue weighted by Crippen LogP contribution is -2.30. The molecule has 0 spiro atoms. The van der Waals surface area contributed by atoms with Crippen LogP contribution >= 0.6 is 11.6 Å². The van der Waals surface area contributed by atoms with Crippen LogP contribution in [-0.2, 0) is 22.7 Å². The van der Waals surface area contributed by atoms with Gasteiger partial charge in [0.1, 0.15) is 23.8 Å². The molecule has 1 aromatic heterocycles. The average Bonchev–Trinajstić information content (AvgIpc) is 3.39. The van der Waals surface area contributed by atoms with Crippen LogP contribution in [0.5, 0.6) is 5.75 Å². The van der Waals surface area contributed by atoms with Crippen molar-refractivity contribution < 1.29 is 28.3 Å². The molecule has 33 heavy (non-hydrogen) atoms. The molecule has 0 unspecified atom stereocenters. The number of urea groups is 1. The van der Waals surface area contributed by atoms with E-state index in [4.69, 9.17) is 20.8 Å². The second kappa shape index (κ2) is 9.62. The zero-order chi connectivity index (χ0) is 23.4. The summed E-state index contributed by atoms with van der Waals surface area (Å²) in [5, 5.41) is 3.20. The van der Waals surface area contributed by atoms with Gasteiger partial charge in [-0.15, -0.1) is 0 Å². The Labute approximate surface area is 194 Å². The first-order valence-corrected chi connectivity index (χ1v) is 10.3. The minimum atomic E-state index is -0.644. The monoisotopic (exact) mass is 466 g/mol. The largest absolute Gasteiger partial charge is 0.488 e. The third-order valence-corrected chi connectivity index (χ3v) is 5.10. The van der Waals surface area contributed by atoms with Crippen LogP contribution in [0.15, 0.2) is 70.8 Å². The summed E-state index contributed by atoms with van der Waals surface area (Å²) in [4.78, 5) is 37.7. The number of esters is 1. The van der Waals surface area contributed by atoms with E-state index in [2.05, 4.69) is 10.1 Å². The zero-order valence-electron chi connectivity index (χ0n) is 17.5. The van der Waals surface area contributed by atoms with Crippen LogP contribution in [0.1, 0.15) is 27.4 Å². The zero-order valence-corrected chi connectivity index (χ0v) is 18.3. The first-order chi connectivity index (χ1) is 15.9. The molecule has 0 atom stereocenters. The van der Waals surface area contributed by atoms with Gasteiger partial charge in [-0.1, -0.05) is 41.9 Å². The molecule has 1 fully saturated rings. The minimum absolute atomic E-state index is 0.0120. The number of benzene rings is 2. The number of methoxy groups -OCH3 is 1. The van der Waals surface area contributed by atoms with Crippen LogP contribution in [0.4, 0.5) is 4.79 Å². The van der Waals surface area contributed by atoms with Crippen LogP contribution in [-0.4, -0.2) is 29.9 Å². The number of hydrogen-bond acceptors (Lipinski definition) is 6. The molecule has 2 aromatic carbocycles. The lowest BCUT2D eigenvalue weighted by atomic mass is 10.1. The summed E-state index contributed by atoms with van der Waals surface area (Å²) in [5.74, 6) is -0.360. The van der Waals surface area contributed by atoms with E-state index in [9.17, 15) is 14.4 Å². The summed E-state index contributed by atoms with van der Waals surface area (Å²) < 4.78 is 15.9. The molecule has 3 amide bonds. The summed E-state index contributed by atoms with van der Waals surface area (Å²) in [6.45, 7) is 0.179. The van der Waals surface area contributed by atoms with E-state index in [1.54, 1.807) is 36.4 Å². The van der Waals surface area contributed by atoms with Crippen LogP contribution in [0.2, 0.25) is 5.02 Å². The quantitative estimate of drug-likeness (QED) is 0.315. The first-order valence-electron chi connectivity index (χ1n) is 9.92. The normalized spacial score (nSPS) is 14.5. The van der Waals surface area contributed by atoms with E-state index in [-0.39, 0.29) is 23.8 Å². The predicted octanol–water partition coefficient (Wildman–Crippen LogP) is 4.39. The Morgan fingerprint density at radius 3 is 2.61 bits per heavy atom. The fourth-order valence-electron chi connectivity index (χ4n) is 3.17. The van der Waals surface area contributed by atoms with Crippen molar-refractivity contribution in [1.82, 2.24) is 10.2 Å². The number of ether oxygens (including phenoxy) is 2. The number of furan rings is 1. The summed E-state index contributed by atoms with van der Waals surface area (Å²) in [7, 11) is 1.23. The van der Waals surface area contributed by atoms with Crippen LogP contribution in [0.3, 0.4) is 0 Å². The maximum Gasteiger partial charge on any atom is 0.373 e. The molecule has 168 valence electrons. The molecule has 8 nitrogen and oxygen atoms in total. The Balaban J connectivity index is 1.48. The van der Waals surface area contributed by atoms with E-state index in [1.165, 1.54) is 19.2 Å². The summed E-state index contributed by atoms with van der Waals surface area (Å²) >= 11 is 5.91. The van der Waals surface area contributed by atoms with Crippen molar-refractivity contribution in [3.8, 4) is 5.75 Å². The third kappa shape index (κ3) is 5.07. The molecule has 0 bridgehead atoms. The van der Waals surface area contributed by atoms with Gasteiger partial charge in [-0.3, -0.25) is 9.69 Å². The highest BCUT2D eigenvalue weighted by atomic mass is 35.5. The van der Waals surface area contributed by atoms with E-state index >= 15 is 0 Å². The molecule has 1 N–H and O–H groups in total. The van der Waals surface area contributed by atoms with Crippen LogP contribution in [0.25, 0.3) is 6.08 Å². The lowest BCUT2D eigenvalue weighted by Gasteiger charge is -2.10. The molecule has 1 saturated heterocycles. The molecule has 0 saturated carbocycles. The van der Waals surface area contributed by atoms with Gasteiger partial charge < -0.3 is 19.2 Å². The molecular weight excluding hydrogens is 448 g/mol. The Kier molecular flexibility index (Phi) is 6.46. The van der Waals surface area contributed by atoms with Gasteiger partial charge in [0.25, 0.3) is 5.91 Å². The number of carbonyl (C=O) groups is 3. The van der Waals surface area contributed by atoms with Gasteiger partial charge in [0.05, 0.1) is 13.7 Å². The second-order valence-corrected chi connectivity index (χ2v) is 7.53. The highest BCUT2D eigenvalue weighted by molar-refractivity contribution is 6.30. The summed E-state index contributed by atoms with van der Waals surface area (Å²) in [6, 6.07) is 16.8. The van der Waals surface area contributed by atoms with E-state index < -0.39 is 17.9 Å². The topological polar surface area (TPSA) is 98.1 Å². The maximum atomic E-state index is 12.8. The number of nitrogens with one attached hydrogen (secondary N) is 1. The molecule has 0 aliphatic carbocycles. The minimum Gasteiger partial charge on any atom is -0.488 e. The molecule has 2 heterocycles. The van der Waals surface area contributed by atoms with Gasteiger partial charge in [-0.25, -0.2) is 9.59 Å². The highest BCUT2D eigenvalue weighted by Crippen LogP contribution is 2.25. The predicted molar refractivity (Wildman–Crippen MR) is 119 cm³/mol. The van der Waals surface area contributed by atoms with Crippen molar-refractivity contribution in [1.29, 1.82) is 0 Å². The van der Waals surface area contributed by atoms with Crippen molar-refractivity contribution in [3.05, 3.63) is 94.0 Å². The third-order valence-electron chi connectivity index (χ3n) is 4.85. The molecule has 3 aromatic rings. The second-order valence-electron chi connectivity index (χ2n) is 7.09. The first kappa shape index (κ1) is 22.2. The number of nitrogens with zero attached hydrogens (tertiary/aromatic N) is 1. The Hall–Kier alpha value is -4.04. The fourth-order valence-corrected chi connectivity index (χ4v) is 3.30. The summed E-state index contributed by atoms with van der Waals surface area (Å²) in [6.07, 6.45) is 1.56. The number of hydrogen-bond donors (Lipinski definition) is 1. The summed E-state index contributed by atoms with van der Waals surface area (Å²) in [5.41, 5.74) is 1.66. The fraction of sp³-hybridized carbons (Fsp3) is 0.125. The Bertz CT molecular complexity index is 1230. The smallest absolute Gasteiger partial charge is 0.373 e. The number of imide groups is 1. The number of halogens is 1. The molecule has 1 aliphatic rings. The molecule has 4 rings (SSSR count). The van der Waals surface area contributed by atoms with Crippen molar-refractivity contribution in [3.63, 3.8) is 0 Å². The number of carbonyl (C=O) groups excluding carboxylic acids is 3. The van der Waals surface area contributed by atoms with Crippen molar-refractivity contribution in [2.24, 2.45) is 0 Å².